The molecular weight excluding hydrogens is 338 g/mol. The number of rotatable bonds is 7. The lowest BCUT2D eigenvalue weighted by Gasteiger charge is -2.11. The maximum absolute atomic E-state index is 12.6. The molecule has 0 spiro atoms. The topological polar surface area (TPSA) is 80.1 Å². The molecule has 1 aromatic rings. The average molecular weight is 365 g/mol. The number of nitrogens with one attached hydrogen (secondary N) is 1. The van der Waals surface area contributed by atoms with E-state index in [4.69, 9.17) is 4.74 Å². The third-order valence-corrected chi connectivity index (χ3v) is 4.67. The molecule has 0 bridgehead atoms. The van der Waals surface area contributed by atoms with E-state index in [9.17, 15) is 8.42 Å². The number of sulfonamides is 1. The van der Waals surface area contributed by atoms with Gasteiger partial charge in [-0.1, -0.05) is 39.8 Å². The van der Waals surface area contributed by atoms with Gasteiger partial charge in [-0.25, -0.2) is 13.4 Å². The molecule has 0 aromatic heterocycles. The van der Waals surface area contributed by atoms with Gasteiger partial charge in [-0.3, -0.25) is 9.71 Å². The van der Waals surface area contributed by atoms with Crippen LogP contribution in [0.3, 0.4) is 0 Å². The summed E-state index contributed by atoms with van der Waals surface area (Å²) in [6.45, 7) is 8.01. The Kier molecular flexibility index (Phi) is 7.83. The first-order valence-corrected chi connectivity index (χ1v) is 9.57. The Morgan fingerprint density at radius 3 is 2.20 bits per heavy atom. The molecule has 0 aliphatic heterocycles. The van der Waals surface area contributed by atoms with Crippen molar-refractivity contribution in [2.45, 2.75) is 38.5 Å². The molecule has 6 nitrogen and oxygen atoms in total. The fourth-order valence-corrected chi connectivity index (χ4v) is 2.88. The van der Waals surface area contributed by atoms with Crippen LogP contribution in [0.25, 0.3) is 0 Å². The summed E-state index contributed by atoms with van der Waals surface area (Å²) >= 11 is 0. The Morgan fingerprint density at radius 1 is 1.16 bits per heavy atom. The third-order valence-electron chi connectivity index (χ3n) is 3.30. The lowest BCUT2D eigenvalue weighted by Crippen LogP contribution is -2.23. The predicted octanol–water partition coefficient (Wildman–Crippen LogP) is 3.33. The van der Waals surface area contributed by atoms with Crippen LogP contribution >= 0.6 is 0 Å². The molecule has 1 aromatic carbocycles. The monoisotopic (exact) mass is 365 g/mol. The van der Waals surface area contributed by atoms with Crippen molar-refractivity contribution in [2.75, 3.05) is 14.2 Å². The number of benzene rings is 1. The first kappa shape index (κ1) is 20.9. The second kappa shape index (κ2) is 9.36. The molecule has 0 radical (unpaired) electrons. The number of methoxy groups -OCH3 is 1. The van der Waals surface area contributed by atoms with E-state index in [2.05, 4.69) is 28.6 Å². The lowest BCUT2D eigenvalue weighted by molar-refractivity contribution is 0.405. The van der Waals surface area contributed by atoms with E-state index in [-0.39, 0.29) is 22.5 Å². The van der Waals surface area contributed by atoms with Crippen molar-refractivity contribution in [1.29, 1.82) is 0 Å². The van der Waals surface area contributed by atoms with Gasteiger partial charge in [0.05, 0.1) is 12.0 Å². The van der Waals surface area contributed by atoms with E-state index < -0.39 is 10.0 Å². The minimum absolute atomic E-state index is 0.143. The molecule has 0 heterocycles. The molecule has 0 aliphatic rings. The Hall–Kier alpha value is -2.15. The van der Waals surface area contributed by atoms with E-state index in [1.807, 2.05) is 26.0 Å². The quantitative estimate of drug-likeness (QED) is 0.594. The van der Waals surface area contributed by atoms with Crippen molar-refractivity contribution >= 4 is 22.1 Å². The van der Waals surface area contributed by atoms with Crippen LogP contribution in [0.4, 0.5) is 0 Å². The number of nitrogens with zero attached hydrogens (tertiary/aromatic N) is 2. The van der Waals surface area contributed by atoms with E-state index in [1.54, 1.807) is 25.4 Å². The fraction of sp³-hybridized carbons (Fsp3) is 0.444. The van der Waals surface area contributed by atoms with Crippen LogP contribution in [0.2, 0.25) is 0 Å². The van der Waals surface area contributed by atoms with Gasteiger partial charge < -0.3 is 4.74 Å². The van der Waals surface area contributed by atoms with Gasteiger partial charge in [0.2, 0.25) is 5.90 Å². The predicted molar refractivity (Wildman–Crippen MR) is 103 cm³/mol. The van der Waals surface area contributed by atoms with Gasteiger partial charge in [-0.05, 0) is 29.5 Å². The van der Waals surface area contributed by atoms with Gasteiger partial charge in [0.15, 0.2) is 0 Å². The molecular formula is C18H27N3O3S. The van der Waals surface area contributed by atoms with Gasteiger partial charge in [-0.15, -0.1) is 0 Å². The Bertz CT molecular complexity index is 746. The zero-order valence-electron chi connectivity index (χ0n) is 15.6. The summed E-state index contributed by atoms with van der Waals surface area (Å²) < 4.78 is 32.8. The summed E-state index contributed by atoms with van der Waals surface area (Å²) in [5.74, 6) is 0.918. The van der Waals surface area contributed by atoms with Gasteiger partial charge in [0.1, 0.15) is 5.82 Å². The van der Waals surface area contributed by atoms with Gasteiger partial charge >= 0.3 is 0 Å². The highest BCUT2D eigenvalue weighted by atomic mass is 32.2. The SMILES string of the molecule is CN=C(/C=C(\N=CC(C)C)NS(=O)(=O)c1ccc(C(C)C)cc1)OC. The Morgan fingerprint density at radius 2 is 1.76 bits per heavy atom. The highest BCUT2D eigenvalue weighted by Crippen LogP contribution is 2.18. The highest BCUT2D eigenvalue weighted by molar-refractivity contribution is 7.89. The Balaban J connectivity index is 3.16. The maximum atomic E-state index is 12.6. The third kappa shape index (κ3) is 6.70. The molecule has 1 N–H and O–H groups in total. The standard InChI is InChI=1S/C18H27N3O3S/c1-13(2)12-20-17(11-18(19-5)24-6)21-25(22,23)16-9-7-15(8-10-16)14(3)4/h7-14,21H,1-6H3/b17-11+,19-18?,20-12?. The molecule has 0 saturated carbocycles. The van der Waals surface area contributed by atoms with Crippen molar-refractivity contribution in [2.24, 2.45) is 15.9 Å². The average Bonchev–Trinajstić information content (AvgIpc) is 2.57. The smallest absolute Gasteiger partial charge is 0.263 e. The van der Waals surface area contributed by atoms with Crippen LogP contribution in [-0.4, -0.2) is 34.7 Å². The first-order valence-electron chi connectivity index (χ1n) is 8.09. The first-order chi connectivity index (χ1) is 11.7. The maximum Gasteiger partial charge on any atom is 0.263 e. The lowest BCUT2D eigenvalue weighted by atomic mass is 10.0. The Labute approximate surface area is 150 Å². The second-order valence-corrected chi connectivity index (χ2v) is 7.83. The number of hydrogen-bond acceptors (Lipinski definition) is 5. The molecule has 7 heteroatoms. The summed E-state index contributed by atoms with van der Waals surface area (Å²) in [5.41, 5.74) is 1.08. The summed E-state index contributed by atoms with van der Waals surface area (Å²) in [7, 11) is -0.741. The number of aliphatic imine (C=N–C) groups is 2. The molecule has 1 rings (SSSR count). The van der Waals surface area contributed by atoms with Crippen LogP contribution in [0.1, 0.15) is 39.2 Å². The van der Waals surface area contributed by atoms with Crippen LogP contribution < -0.4 is 4.72 Å². The summed E-state index contributed by atoms with van der Waals surface area (Å²) in [4.78, 5) is 8.29. The molecule has 0 aliphatic carbocycles. The normalized spacial score (nSPS) is 13.8. The minimum Gasteiger partial charge on any atom is -0.481 e. The molecule has 0 saturated heterocycles. The minimum atomic E-state index is -3.75. The molecule has 138 valence electrons. The van der Waals surface area contributed by atoms with Crippen molar-refractivity contribution < 1.29 is 13.2 Å². The summed E-state index contributed by atoms with van der Waals surface area (Å²) in [6.07, 6.45) is 3.10. The van der Waals surface area contributed by atoms with Crippen LogP contribution in [0, 0.1) is 5.92 Å². The molecule has 0 fully saturated rings. The van der Waals surface area contributed by atoms with Gasteiger partial charge in [0.25, 0.3) is 10.0 Å². The largest absolute Gasteiger partial charge is 0.481 e. The van der Waals surface area contributed by atoms with Crippen LogP contribution in [0.15, 0.2) is 51.0 Å². The van der Waals surface area contributed by atoms with Crippen LogP contribution in [-0.2, 0) is 14.8 Å². The van der Waals surface area contributed by atoms with E-state index >= 15 is 0 Å². The fourth-order valence-electron chi connectivity index (χ4n) is 1.88. The molecule has 0 unspecified atom stereocenters. The molecule has 0 amide bonds. The van der Waals surface area contributed by atoms with Crippen molar-refractivity contribution in [3.8, 4) is 0 Å². The second-order valence-electron chi connectivity index (χ2n) is 6.15. The van der Waals surface area contributed by atoms with E-state index in [0.29, 0.717) is 5.92 Å². The molecule has 25 heavy (non-hydrogen) atoms. The van der Waals surface area contributed by atoms with Crippen molar-refractivity contribution in [3.63, 3.8) is 0 Å². The zero-order valence-corrected chi connectivity index (χ0v) is 16.5. The van der Waals surface area contributed by atoms with Gasteiger partial charge in [-0.2, -0.15) is 0 Å². The van der Waals surface area contributed by atoms with Crippen LogP contribution in [0.5, 0.6) is 0 Å². The van der Waals surface area contributed by atoms with Gasteiger partial charge in [0, 0.05) is 19.3 Å². The highest BCUT2D eigenvalue weighted by Gasteiger charge is 2.16. The van der Waals surface area contributed by atoms with E-state index in [0.717, 1.165) is 5.56 Å². The number of ether oxygens (including phenoxy) is 1. The molecule has 0 atom stereocenters. The van der Waals surface area contributed by atoms with E-state index in [1.165, 1.54) is 13.2 Å². The summed E-state index contributed by atoms with van der Waals surface area (Å²) in [6, 6.07) is 6.81. The van der Waals surface area contributed by atoms with Crippen molar-refractivity contribution in [1.82, 2.24) is 4.72 Å². The zero-order chi connectivity index (χ0) is 19.0. The number of hydrogen-bond donors (Lipinski definition) is 1. The summed E-state index contributed by atoms with van der Waals surface area (Å²) in [5, 5.41) is 0. The van der Waals surface area contributed by atoms with Crippen molar-refractivity contribution in [3.05, 3.63) is 41.7 Å².